The van der Waals surface area contributed by atoms with E-state index in [0.29, 0.717) is 25.6 Å². The van der Waals surface area contributed by atoms with Gasteiger partial charge in [-0.2, -0.15) is 0 Å². The second-order valence-electron chi connectivity index (χ2n) is 6.12. The summed E-state index contributed by atoms with van der Waals surface area (Å²) < 4.78 is 11.3. The largest absolute Gasteiger partial charge is 0.490 e. The van der Waals surface area contributed by atoms with Crippen molar-refractivity contribution < 1.29 is 9.47 Å². The summed E-state index contributed by atoms with van der Waals surface area (Å²) >= 11 is 0. The van der Waals surface area contributed by atoms with Gasteiger partial charge in [0.15, 0.2) is 0 Å². The van der Waals surface area contributed by atoms with Crippen molar-refractivity contribution in [1.29, 1.82) is 0 Å². The first-order valence-corrected chi connectivity index (χ1v) is 8.12. The van der Waals surface area contributed by atoms with Crippen molar-refractivity contribution in [1.82, 2.24) is 0 Å². The van der Waals surface area contributed by atoms with Gasteiger partial charge in [-0.1, -0.05) is 25.3 Å². The molecule has 1 aromatic rings. The SMILES string of the molecule is NCc1ccc(OCC2CO2)c(C2CCCCC2)c1CN. The van der Waals surface area contributed by atoms with Gasteiger partial charge < -0.3 is 20.9 Å². The van der Waals surface area contributed by atoms with Gasteiger partial charge in [0.05, 0.1) is 6.61 Å². The molecule has 0 amide bonds. The fraction of sp³-hybridized carbons (Fsp3) is 0.647. The summed E-state index contributed by atoms with van der Waals surface area (Å²) in [5, 5.41) is 0. The van der Waals surface area contributed by atoms with Crippen LogP contribution in [0.15, 0.2) is 12.1 Å². The van der Waals surface area contributed by atoms with Crippen LogP contribution in [0.3, 0.4) is 0 Å². The monoisotopic (exact) mass is 290 g/mol. The zero-order valence-corrected chi connectivity index (χ0v) is 12.6. The average Bonchev–Trinajstić information content (AvgIpc) is 3.37. The Morgan fingerprint density at radius 1 is 1.10 bits per heavy atom. The van der Waals surface area contributed by atoms with Gasteiger partial charge in [0.2, 0.25) is 0 Å². The molecule has 3 rings (SSSR count). The van der Waals surface area contributed by atoms with Crippen LogP contribution in [0.4, 0.5) is 0 Å². The van der Waals surface area contributed by atoms with Crippen LogP contribution in [-0.4, -0.2) is 19.3 Å². The van der Waals surface area contributed by atoms with Crippen molar-refractivity contribution >= 4 is 0 Å². The number of hydrogen-bond donors (Lipinski definition) is 2. The summed E-state index contributed by atoms with van der Waals surface area (Å²) in [6.07, 6.45) is 6.69. The Morgan fingerprint density at radius 2 is 1.86 bits per heavy atom. The molecule has 4 N–H and O–H groups in total. The average molecular weight is 290 g/mol. The Labute approximate surface area is 126 Å². The van der Waals surface area contributed by atoms with Crippen molar-refractivity contribution in [3.05, 3.63) is 28.8 Å². The van der Waals surface area contributed by atoms with E-state index < -0.39 is 0 Å². The molecule has 21 heavy (non-hydrogen) atoms. The van der Waals surface area contributed by atoms with Gasteiger partial charge in [0.1, 0.15) is 18.5 Å². The first kappa shape index (κ1) is 14.8. The minimum absolute atomic E-state index is 0.278. The highest BCUT2D eigenvalue weighted by Gasteiger charge is 2.27. The third-order valence-corrected chi connectivity index (χ3v) is 4.68. The summed E-state index contributed by atoms with van der Waals surface area (Å²) in [7, 11) is 0. The number of rotatable bonds is 6. The van der Waals surface area contributed by atoms with E-state index in [1.54, 1.807) is 0 Å². The molecule has 0 bridgehead atoms. The molecule has 4 nitrogen and oxygen atoms in total. The third-order valence-electron chi connectivity index (χ3n) is 4.68. The lowest BCUT2D eigenvalue weighted by atomic mass is 9.80. The first-order chi connectivity index (χ1) is 10.3. The molecule has 1 heterocycles. The van der Waals surface area contributed by atoms with E-state index in [9.17, 15) is 0 Å². The van der Waals surface area contributed by atoms with E-state index in [4.69, 9.17) is 20.9 Å². The molecular formula is C17H26N2O2. The zero-order chi connectivity index (χ0) is 14.7. The molecule has 116 valence electrons. The topological polar surface area (TPSA) is 73.8 Å². The fourth-order valence-electron chi connectivity index (χ4n) is 3.43. The normalized spacial score (nSPS) is 22.3. The molecule has 1 atom stereocenters. The van der Waals surface area contributed by atoms with E-state index in [2.05, 4.69) is 12.1 Å². The van der Waals surface area contributed by atoms with Crippen LogP contribution in [0.1, 0.15) is 54.7 Å². The maximum Gasteiger partial charge on any atom is 0.123 e. The van der Waals surface area contributed by atoms with Gasteiger partial charge in [-0.05, 0) is 36.0 Å². The van der Waals surface area contributed by atoms with Crippen molar-refractivity contribution in [2.45, 2.75) is 57.2 Å². The van der Waals surface area contributed by atoms with E-state index >= 15 is 0 Å². The quantitative estimate of drug-likeness (QED) is 0.789. The lowest BCUT2D eigenvalue weighted by Gasteiger charge is -2.27. The van der Waals surface area contributed by atoms with Crippen LogP contribution in [0.2, 0.25) is 0 Å². The molecule has 0 aromatic heterocycles. The molecule has 1 saturated carbocycles. The van der Waals surface area contributed by atoms with Crippen LogP contribution >= 0.6 is 0 Å². The maximum atomic E-state index is 6.04. The molecule has 1 aliphatic carbocycles. The Morgan fingerprint density at radius 3 is 2.48 bits per heavy atom. The van der Waals surface area contributed by atoms with Crippen molar-refractivity contribution in [3.63, 3.8) is 0 Å². The van der Waals surface area contributed by atoms with Crippen molar-refractivity contribution in [3.8, 4) is 5.75 Å². The molecule has 1 aromatic carbocycles. The van der Waals surface area contributed by atoms with Gasteiger partial charge in [0, 0.05) is 18.7 Å². The van der Waals surface area contributed by atoms with Crippen molar-refractivity contribution in [2.75, 3.05) is 13.2 Å². The minimum Gasteiger partial charge on any atom is -0.490 e. The van der Waals surface area contributed by atoms with E-state index in [0.717, 1.165) is 17.9 Å². The number of benzene rings is 1. The van der Waals surface area contributed by atoms with Crippen molar-refractivity contribution in [2.24, 2.45) is 11.5 Å². The second kappa shape index (κ2) is 6.77. The molecule has 1 unspecified atom stereocenters. The third kappa shape index (κ3) is 3.39. The van der Waals surface area contributed by atoms with Gasteiger partial charge in [-0.15, -0.1) is 0 Å². The van der Waals surface area contributed by atoms with E-state index in [1.165, 1.54) is 43.2 Å². The predicted octanol–water partition coefficient (Wildman–Crippen LogP) is 2.43. The maximum absolute atomic E-state index is 6.04. The number of nitrogens with two attached hydrogens (primary N) is 2. The molecule has 1 saturated heterocycles. The highest BCUT2D eigenvalue weighted by Crippen LogP contribution is 2.40. The lowest BCUT2D eigenvalue weighted by Crippen LogP contribution is -2.16. The Balaban J connectivity index is 1.92. The summed E-state index contributed by atoms with van der Waals surface area (Å²) in [5.41, 5.74) is 15.6. The van der Waals surface area contributed by atoms with Crippen LogP contribution < -0.4 is 16.2 Å². The highest BCUT2D eigenvalue weighted by atomic mass is 16.6. The number of ether oxygens (including phenoxy) is 2. The lowest BCUT2D eigenvalue weighted by molar-refractivity contribution is 0.258. The van der Waals surface area contributed by atoms with E-state index in [-0.39, 0.29) is 6.10 Å². The summed E-state index contributed by atoms with van der Waals surface area (Å²) in [6.45, 7) is 2.54. The molecule has 0 radical (unpaired) electrons. The summed E-state index contributed by atoms with van der Waals surface area (Å²) in [4.78, 5) is 0. The summed E-state index contributed by atoms with van der Waals surface area (Å²) in [5.74, 6) is 1.56. The number of hydrogen-bond acceptors (Lipinski definition) is 4. The zero-order valence-electron chi connectivity index (χ0n) is 12.6. The smallest absolute Gasteiger partial charge is 0.123 e. The van der Waals surface area contributed by atoms with Crippen LogP contribution in [0.5, 0.6) is 5.75 Å². The Hall–Kier alpha value is -1.10. The minimum atomic E-state index is 0.278. The standard InChI is InChI=1S/C17H26N2O2/c18-8-13-6-7-16(21-11-14-10-20-14)17(15(13)9-19)12-4-2-1-3-5-12/h6-7,12,14H,1-5,8-11,18-19H2. The molecule has 2 aliphatic rings. The van der Waals surface area contributed by atoms with Crippen LogP contribution in [0, 0.1) is 0 Å². The molecule has 4 heteroatoms. The molecular weight excluding hydrogens is 264 g/mol. The van der Waals surface area contributed by atoms with Gasteiger partial charge in [-0.3, -0.25) is 0 Å². The second-order valence-corrected chi connectivity index (χ2v) is 6.12. The molecule has 0 spiro atoms. The van der Waals surface area contributed by atoms with E-state index in [1.807, 2.05) is 0 Å². The van der Waals surface area contributed by atoms with Crippen LogP contribution in [0.25, 0.3) is 0 Å². The van der Waals surface area contributed by atoms with Gasteiger partial charge >= 0.3 is 0 Å². The Bertz CT molecular complexity index is 480. The van der Waals surface area contributed by atoms with Gasteiger partial charge in [0.25, 0.3) is 0 Å². The Kier molecular flexibility index (Phi) is 4.78. The number of epoxide rings is 1. The fourth-order valence-corrected chi connectivity index (χ4v) is 3.43. The van der Waals surface area contributed by atoms with Gasteiger partial charge in [-0.25, -0.2) is 0 Å². The summed E-state index contributed by atoms with van der Waals surface area (Å²) in [6, 6.07) is 4.14. The molecule has 2 fully saturated rings. The first-order valence-electron chi connectivity index (χ1n) is 8.12. The molecule has 1 aliphatic heterocycles. The van der Waals surface area contributed by atoms with Crippen LogP contribution in [-0.2, 0) is 17.8 Å². The highest BCUT2D eigenvalue weighted by molar-refractivity contribution is 5.47. The predicted molar refractivity (Wildman–Crippen MR) is 83.3 cm³/mol.